The standard InChI is InChI=1S/C17H15F2N3O2/c1-11-6-5-9-21-15(11)17(18,19)16(23)22-13(10-20)12-7-3-4-8-14(12)24-2/h3-9,13H,1-2H3,(H,22,23)/t13-/m0/s1. The zero-order chi connectivity index (χ0) is 17.7. The van der Waals surface area contributed by atoms with Crippen molar-refractivity contribution < 1.29 is 18.3 Å². The minimum atomic E-state index is -3.86. The summed E-state index contributed by atoms with van der Waals surface area (Å²) in [5.41, 5.74) is -0.160. The van der Waals surface area contributed by atoms with E-state index in [4.69, 9.17) is 4.74 Å². The molecule has 0 saturated carbocycles. The lowest BCUT2D eigenvalue weighted by Crippen LogP contribution is -2.40. The van der Waals surface area contributed by atoms with Crippen molar-refractivity contribution in [2.75, 3.05) is 7.11 Å². The molecule has 0 unspecified atom stereocenters. The molecule has 0 bridgehead atoms. The first-order chi connectivity index (χ1) is 11.4. The van der Waals surface area contributed by atoms with E-state index >= 15 is 0 Å². The van der Waals surface area contributed by atoms with Gasteiger partial charge in [0.25, 0.3) is 5.91 Å². The number of hydrogen-bond donors (Lipinski definition) is 1. The predicted molar refractivity (Wildman–Crippen MR) is 82.4 cm³/mol. The number of carbonyl (C=O) groups is 1. The van der Waals surface area contributed by atoms with Crippen LogP contribution in [0.25, 0.3) is 0 Å². The molecule has 24 heavy (non-hydrogen) atoms. The van der Waals surface area contributed by atoms with Gasteiger partial charge in [-0.2, -0.15) is 14.0 Å². The molecule has 1 aromatic heterocycles. The van der Waals surface area contributed by atoms with Gasteiger partial charge in [-0.15, -0.1) is 0 Å². The fraction of sp³-hybridized carbons (Fsp3) is 0.235. The quantitative estimate of drug-likeness (QED) is 0.914. The third-order valence-electron chi connectivity index (χ3n) is 3.45. The third-order valence-corrected chi connectivity index (χ3v) is 3.45. The van der Waals surface area contributed by atoms with Gasteiger partial charge in [-0.3, -0.25) is 9.78 Å². The minimum Gasteiger partial charge on any atom is -0.496 e. The van der Waals surface area contributed by atoms with E-state index in [0.717, 1.165) is 0 Å². The number of halogens is 2. The highest BCUT2D eigenvalue weighted by Crippen LogP contribution is 2.31. The van der Waals surface area contributed by atoms with Gasteiger partial charge in [0.2, 0.25) is 0 Å². The van der Waals surface area contributed by atoms with Gasteiger partial charge < -0.3 is 10.1 Å². The molecule has 1 heterocycles. The second kappa shape index (κ2) is 7.04. The van der Waals surface area contributed by atoms with Gasteiger partial charge in [0.15, 0.2) is 0 Å². The Hall–Kier alpha value is -3.01. The number of para-hydroxylation sites is 1. The Morgan fingerprint density at radius 3 is 2.67 bits per heavy atom. The van der Waals surface area contributed by atoms with E-state index in [1.807, 2.05) is 0 Å². The Morgan fingerprint density at radius 2 is 2.04 bits per heavy atom. The normalized spacial score (nSPS) is 12.1. The SMILES string of the molecule is COc1ccccc1[C@H](C#N)NC(=O)C(F)(F)c1ncccc1C. The van der Waals surface area contributed by atoms with Crippen molar-refractivity contribution in [2.24, 2.45) is 0 Å². The molecule has 0 fully saturated rings. The van der Waals surface area contributed by atoms with Crippen molar-refractivity contribution in [2.45, 2.75) is 18.9 Å². The number of methoxy groups -OCH3 is 1. The summed E-state index contributed by atoms with van der Waals surface area (Å²) in [5.74, 6) is -5.13. The summed E-state index contributed by atoms with van der Waals surface area (Å²) in [5, 5.41) is 11.3. The van der Waals surface area contributed by atoms with E-state index < -0.39 is 23.6 Å². The lowest BCUT2D eigenvalue weighted by molar-refractivity contribution is -0.148. The number of amides is 1. The van der Waals surface area contributed by atoms with Crippen LogP contribution in [0.2, 0.25) is 0 Å². The van der Waals surface area contributed by atoms with E-state index in [1.165, 1.54) is 38.4 Å². The molecule has 0 aliphatic rings. The molecule has 2 aromatic rings. The largest absolute Gasteiger partial charge is 0.496 e. The lowest BCUT2D eigenvalue weighted by Gasteiger charge is -2.20. The Morgan fingerprint density at radius 1 is 1.33 bits per heavy atom. The van der Waals surface area contributed by atoms with Crippen molar-refractivity contribution in [3.8, 4) is 11.8 Å². The van der Waals surface area contributed by atoms with Crippen molar-refractivity contribution in [1.29, 1.82) is 5.26 Å². The molecular weight excluding hydrogens is 316 g/mol. The van der Waals surface area contributed by atoms with Crippen LogP contribution in [-0.2, 0) is 10.7 Å². The molecule has 0 saturated heterocycles. The highest BCUT2D eigenvalue weighted by atomic mass is 19.3. The van der Waals surface area contributed by atoms with Gasteiger partial charge >= 0.3 is 5.92 Å². The molecule has 5 nitrogen and oxygen atoms in total. The fourth-order valence-corrected chi connectivity index (χ4v) is 2.23. The summed E-state index contributed by atoms with van der Waals surface area (Å²) in [7, 11) is 1.39. The van der Waals surface area contributed by atoms with Crippen LogP contribution >= 0.6 is 0 Å². The monoisotopic (exact) mass is 331 g/mol. The molecule has 1 atom stereocenters. The van der Waals surface area contributed by atoms with Crippen LogP contribution in [0, 0.1) is 18.3 Å². The first-order valence-corrected chi connectivity index (χ1v) is 7.05. The van der Waals surface area contributed by atoms with Gasteiger partial charge in [-0.25, -0.2) is 0 Å². The highest BCUT2D eigenvalue weighted by molar-refractivity contribution is 5.85. The highest BCUT2D eigenvalue weighted by Gasteiger charge is 2.44. The Bertz CT molecular complexity index is 787. The lowest BCUT2D eigenvalue weighted by atomic mass is 10.0. The molecular formula is C17H15F2N3O2. The summed E-state index contributed by atoms with van der Waals surface area (Å²) < 4.78 is 33.9. The second-order valence-corrected chi connectivity index (χ2v) is 5.02. The number of carbonyl (C=O) groups excluding carboxylic acids is 1. The number of benzene rings is 1. The molecule has 0 radical (unpaired) electrons. The second-order valence-electron chi connectivity index (χ2n) is 5.02. The van der Waals surface area contributed by atoms with Crippen LogP contribution in [0.4, 0.5) is 8.78 Å². The number of hydrogen-bond acceptors (Lipinski definition) is 4. The fourth-order valence-electron chi connectivity index (χ4n) is 2.23. The molecule has 7 heteroatoms. The summed E-state index contributed by atoms with van der Waals surface area (Å²) in [6.45, 7) is 1.44. The van der Waals surface area contributed by atoms with E-state index in [0.29, 0.717) is 11.3 Å². The number of nitrogens with zero attached hydrogens (tertiary/aromatic N) is 2. The van der Waals surface area contributed by atoms with Crippen molar-refractivity contribution in [1.82, 2.24) is 10.3 Å². The smallest absolute Gasteiger partial charge is 0.366 e. The maximum Gasteiger partial charge on any atom is 0.366 e. The van der Waals surface area contributed by atoms with Crippen LogP contribution in [0.5, 0.6) is 5.75 Å². The van der Waals surface area contributed by atoms with E-state index in [-0.39, 0.29) is 5.56 Å². The van der Waals surface area contributed by atoms with Crippen LogP contribution in [-0.4, -0.2) is 18.0 Å². The number of aromatic nitrogens is 1. The van der Waals surface area contributed by atoms with Gasteiger partial charge in [0.1, 0.15) is 17.5 Å². The number of rotatable bonds is 5. The molecule has 0 spiro atoms. The van der Waals surface area contributed by atoms with Gasteiger partial charge in [-0.05, 0) is 24.6 Å². The van der Waals surface area contributed by atoms with Crippen molar-refractivity contribution in [3.05, 3.63) is 59.4 Å². The van der Waals surface area contributed by atoms with E-state index in [1.54, 1.807) is 24.3 Å². The average molecular weight is 331 g/mol. The Labute approximate surface area is 137 Å². The first kappa shape index (κ1) is 17.3. The number of nitriles is 1. The van der Waals surface area contributed by atoms with Crippen molar-refractivity contribution >= 4 is 5.91 Å². The molecule has 1 aromatic carbocycles. The Balaban J connectivity index is 2.30. The summed E-state index contributed by atoms with van der Waals surface area (Å²) >= 11 is 0. The van der Waals surface area contributed by atoms with Crippen LogP contribution in [0.1, 0.15) is 22.9 Å². The number of pyridine rings is 1. The number of ether oxygens (including phenoxy) is 1. The van der Waals surface area contributed by atoms with Gasteiger partial charge in [0.05, 0.1) is 13.2 Å². The van der Waals surface area contributed by atoms with Crippen LogP contribution in [0.3, 0.4) is 0 Å². The molecule has 0 aliphatic heterocycles. The zero-order valence-corrected chi connectivity index (χ0v) is 13.1. The number of nitrogens with one attached hydrogen (secondary N) is 1. The minimum absolute atomic E-state index is 0.184. The van der Waals surface area contributed by atoms with Crippen LogP contribution < -0.4 is 10.1 Å². The zero-order valence-electron chi connectivity index (χ0n) is 13.1. The maximum atomic E-state index is 14.4. The maximum absolute atomic E-state index is 14.4. The molecule has 0 aliphatic carbocycles. The topological polar surface area (TPSA) is 75.0 Å². The summed E-state index contributed by atoms with van der Waals surface area (Å²) in [6, 6.07) is 9.85. The summed E-state index contributed by atoms with van der Waals surface area (Å²) in [4.78, 5) is 15.7. The van der Waals surface area contributed by atoms with Gasteiger partial charge in [-0.1, -0.05) is 24.3 Å². The van der Waals surface area contributed by atoms with Crippen molar-refractivity contribution in [3.63, 3.8) is 0 Å². The number of aryl methyl sites for hydroxylation is 1. The average Bonchev–Trinajstić information content (AvgIpc) is 2.59. The molecule has 1 amide bonds. The Kier molecular flexibility index (Phi) is 5.09. The predicted octanol–water partition coefficient (Wildman–Crippen LogP) is 2.87. The number of alkyl halides is 2. The third kappa shape index (κ3) is 3.33. The molecule has 124 valence electrons. The summed E-state index contributed by atoms with van der Waals surface area (Å²) in [6.07, 6.45) is 1.19. The van der Waals surface area contributed by atoms with E-state index in [9.17, 15) is 18.8 Å². The first-order valence-electron chi connectivity index (χ1n) is 7.05. The molecule has 1 N–H and O–H groups in total. The van der Waals surface area contributed by atoms with Gasteiger partial charge in [0, 0.05) is 11.8 Å². The van der Waals surface area contributed by atoms with E-state index in [2.05, 4.69) is 10.3 Å². The molecule has 2 rings (SSSR count). The van der Waals surface area contributed by atoms with Crippen LogP contribution in [0.15, 0.2) is 42.6 Å².